The van der Waals surface area contributed by atoms with Crippen LogP contribution in [0.15, 0.2) is 30.7 Å². The molecule has 2 fully saturated rings. The van der Waals surface area contributed by atoms with Crippen LogP contribution in [0.2, 0.25) is 0 Å². The number of fused-ring (bicyclic) bond motifs is 2. The smallest absolute Gasteiger partial charge is 0.230 e. The molecule has 1 amide bonds. The summed E-state index contributed by atoms with van der Waals surface area (Å²) in [5.41, 5.74) is 3.89. The van der Waals surface area contributed by atoms with Gasteiger partial charge in [-0.25, -0.2) is 9.37 Å². The number of carbonyl (C=O) groups excluding carboxylic acids is 1. The topological polar surface area (TPSA) is 116 Å². The molecule has 3 atom stereocenters. The first-order valence-electron chi connectivity index (χ1n) is 12.2. The van der Waals surface area contributed by atoms with Crippen molar-refractivity contribution in [3.8, 4) is 11.9 Å². The summed E-state index contributed by atoms with van der Waals surface area (Å²) in [5, 5.41) is 24.1. The molecule has 1 aliphatic carbocycles. The van der Waals surface area contributed by atoms with Crippen LogP contribution >= 0.6 is 0 Å². The number of aromatic nitrogens is 5. The van der Waals surface area contributed by atoms with Crippen molar-refractivity contribution < 1.29 is 9.18 Å². The second-order valence-corrected chi connectivity index (χ2v) is 9.73. The van der Waals surface area contributed by atoms with Crippen molar-refractivity contribution in [3.63, 3.8) is 0 Å². The van der Waals surface area contributed by atoms with Gasteiger partial charge in [-0.3, -0.25) is 9.69 Å². The highest BCUT2D eigenvalue weighted by molar-refractivity contribution is 5.85. The van der Waals surface area contributed by atoms with Crippen LogP contribution in [-0.2, 0) is 11.2 Å². The molecule has 184 valence electrons. The van der Waals surface area contributed by atoms with Gasteiger partial charge in [0.25, 0.3) is 0 Å². The minimum atomic E-state index is -0.477. The molecule has 0 radical (unpaired) electrons. The number of tetrazole rings is 1. The second-order valence-electron chi connectivity index (χ2n) is 9.73. The van der Waals surface area contributed by atoms with Gasteiger partial charge >= 0.3 is 0 Å². The molecule has 2 saturated heterocycles. The van der Waals surface area contributed by atoms with E-state index in [-0.39, 0.29) is 29.5 Å². The molecule has 0 bridgehead atoms. The fourth-order valence-electron chi connectivity index (χ4n) is 5.87. The molecule has 1 unspecified atom stereocenters. The molecular formula is C25H26FN9O. The Kier molecular flexibility index (Phi) is 5.70. The van der Waals surface area contributed by atoms with Gasteiger partial charge < -0.3 is 10.2 Å². The van der Waals surface area contributed by atoms with Gasteiger partial charge in [0.2, 0.25) is 5.91 Å². The zero-order valence-corrected chi connectivity index (χ0v) is 19.9. The molecule has 6 rings (SSSR count). The molecule has 2 aliphatic heterocycles. The van der Waals surface area contributed by atoms with E-state index < -0.39 is 5.82 Å². The van der Waals surface area contributed by atoms with Crippen LogP contribution in [0.5, 0.6) is 0 Å². The summed E-state index contributed by atoms with van der Waals surface area (Å²) in [6.45, 7) is 5.44. The van der Waals surface area contributed by atoms with Gasteiger partial charge in [-0.2, -0.15) is 9.94 Å². The van der Waals surface area contributed by atoms with Gasteiger partial charge in [-0.1, -0.05) is 6.07 Å². The molecule has 36 heavy (non-hydrogen) atoms. The van der Waals surface area contributed by atoms with Gasteiger partial charge in [-0.05, 0) is 64.6 Å². The minimum Gasteiger partial charge on any atom is -0.339 e. The Morgan fingerprint density at radius 3 is 2.94 bits per heavy atom. The van der Waals surface area contributed by atoms with Crippen molar-refractivity contribution in [2.75, 3.05) is 32.7 Å². The predicted octanol–water partition coefficient (Wildman–Crippen LogP) is 1.26. The zero-order valence-electron chi connectivity index (χ0n) is 19.9. The van der Waals surface area contributed by atoms with Crippen molar-refractivity contribution >= 4 is 5.91 Å². The van der Waals surface area contributed by atoms with Crippen LogP contribution in [0.3, 0.4) is 0 Å². The van der Waals surface area contributed by atoms with Crippen LogP contribution in [0, 0.1) is 24.1 Å². The Bertz CT molecular complexity index is 1350. The van der Waals surface area contributed by atoms with Gasteiger partial charge in [-0.15, -0.1) is 5.10 Å². The fourth-order valence-corrected chi connectivity index (χ4v) is 5.87. The number of piperazine rings is 2. The van der Waals surface area contributed by atoms with Gasteiger partial charge in [0, 0.05) is 51.0 Å². The number of hydrogen-bond acceptors (Lipinski definition) is 8. The van der Waals surface area contributed by atoms with Crippen molar-refractivity contribution in [1.29, 1.82) is 5.26 Å². The van der Waals surface area contributed by atoms with E-state index in [0.717, 1.165) is 49.2 Å². The molecule has 10 nitrogen and oxygen atoms in total. The van der Waals surface area contributed by atoms with Crippen LogP contribution in [-0.4, -0.2) is 79.7 Å². The van der Waals surface area contributed by atoms with Gasteiger partial charge in [0.1, 0.15) is 18.2 Å². The van der Waals surface area contributed by atoms with E-state index >= 15 is 0 Å². The highest BCUT2D eigenvalue weighted by Gasteiger charge is 2.39. The molecule has 4 heterocycles. The van der Waals surface area contributed by atoms with Crippen LogP contribution < -0.4 is 5.32 Å². The molecule has 3 aromatic rings. The number of rotatable bonds is 3. The molecule has 3 aliphatic rings. The maximum Gasteiger partial charge on any atom is 0.230 e. The lowest BCUT2D eigenvalue weighted by Crippen LogP contribution is -2.63. The second kappa shape index (κ2) is 9.04. The third-order valence-corrected chi connectivity index (χ3v) is 7.85. The third kappa shape index (κ3) is 3.83. The Morgan fingerprint density at radius 1 is 1.25 bits per heavy atom. The zero-order chi connectivity index (χ0) is 24.8. The summed E-state index contributed by atoms with van der Waals surface area (Å²) in [6.07, 6.45) is 4.92. The number of aryl methyl sites for hydroxylation is 1. The highest BCUT2D eigenvalue weighted by Crippen LogP contribution is 2.36. The molecule has 11 heteroatoms. The number of carbonyl (C=O) groups is 1. The molecule has 0 spiro atoms. The Balaban J connectivity index is 1.12. The molecular weight excluding hydrogens is 461 g/mol. The van der Waals surface area contributed by atoms with E-state index in [4.69, 9.17) is 0 Å². The third-order valence-electron chi connectivity index (χ3n) is 7.85. The maximum absolute atomic E-state index is 14.0. The van der Waals surface area contributed by atoms with Crippen LogP contribution in [0.4, 0.5) is 4.39 Å². The van der Waals surface area contributed by atoms with E-state index in [9.17, 15) is 14.4 Å². The van der Waals surface area contributed by atoms with Crippen molar-refractivity contribution in [2.45, 2.75) is 37.8 Å². The summed E-state index contributed by atoms with van der Waals surface area (Å²) >= 11 is 0. The van der Waals surface area contributed by atoms with E-state index in [1.54, 1.807) is 19.2 Å². The Morgan fingerprint density at radius 2 is 2.14 bits per heavy atom. The number of hydrogen-bond donors (Lipinski definition) is 1. The van der Waals surface area contributed by atoms with Crippen LogP contribution in [0.25, 0.3) is 5.82 Å². The first kappa shape index (κ1) is 22.7. The number of nitriles is 1. The number of halogens is 1. The summed E-state index contributed by atoms with van der Waals surface area (Å²) < 4.78 is 15.5. The first-order valence-corrected chi connectivity index (χ1v) is 12.2. The molecule has 0 saturated carbocycles. The number of benzene rings is 1. The molecule has 1 N–H and O–H groups in total. The minimum absolute atomic E-state index is 0.0263. The average Bonchev–Trinajstić information content (AvgIpc) is 3.58. The van der Waals surface area contributed by atoms with Gasteiger partial charge in [0.15, 0.2) is 5.82 Å². The summed E-state index contributed by atoms with van der Waals surface area (Å²) in [5.74, 6) is 0.175. The first-order chi connectivity index (χ1) is 17.5. The normalized spacial score (nSPS) is 23.7. The van der Waals surface area contributed by atoms with E-state index in [2.05, 4.69) is 30.7 Å². The lowest BCUT2D eigenvalue weighted by molar-refractivity contribution is -0.136. The summed E-state index contributed by atoms with van der Waals surface area (Å²) in [7, 11) is 0. The van der Waals surface area contributed by atoms with Gasteiger partial charge in [0.05, 0.1) is 11.5 Å². The Hall–Kier alpha value is -3.75. The quantitative estimate of drug-likeness (QED) is 0.587. The average molecular weight is 488 g/mol. The number of nitrogens with zero attached hydrogens (tertiary/aromatic N) is 8. The number of nitrogens with one attached hydrogen (secondary N) is 1. The van der Waals surface area contributed by atoms with E-state index in [1.807, 2.05) is 17.0 Å². The lowest BCUT2D eigenvalue weighted by atomic mass is 9.93. The SMILES string of the molecule is Cc1c([C@@H]2CN3CCN(C(=O)C4CCc5cc(-n6cnnn6)ncc54)C[C@H]3CN2)ccc(F)c1C#N. The van der Waals surface area contributed by atoms with Crippen LogP contribution in [0.1, 0.15) is 46.2 Å². The summed E-state index contributed by atoms with van der Waals surface area (Å²) in [4.78, 5) is 22.4. The number of pyridine rings is 1. The highest BCUT2D eigenvalue weighted by atomic mass is 19.1. The lowest BCUT2D eigenvalue weighted by Gasteiger charge is -2.47. The monoisotopic (exact) mass is 487 g/mol. The van der Waals surface area contributed by atoms with E-state index in [1.165, 1.54) is 17.1 Å². The van der Waals surface area contributed by atoms with E-state index in [0.29, 0.717) is 24.5 Å². The summed E-state index contributed by atoms with van der Waals surface area (Å²) in [6, 6.07) is 7.36. The maximum atomic E-state index is 14.0. The van der Waals surface area contributed by atoms with Crippen molar-refractivity contribution in [1.82, 2.24) is 40.3 Å². The van der Waals surface area contributed by atoms with Crippen molar-refractivity contribution in [2.24, 2.45) is 0 Å². The Labute approximate surface area is 207 Å². The molecule has 2 aromatic heterocycles. The molecule has 1 aromatic carbocycles. The van der Waals surface area contributed by atoms with Crippen molar-refractivity contribution in [3.05, 3.63) is 64.4 Å². The predicted molar refractivity (Wildman–Crippen MR) is 127 cm³/mol. The fraction of sp³-hybridized carbons (Fsp3) is 0.440. The standard InChI is InChI=1S/C25H26FN9O/c1-15-18(4-5-22(26)20(15)9-27)23-13-33-6-7-34(12-17(33)10-28-23)25(36)19-3-2-16-8-24(29-11-21(16)19)35-14-30-31-32-35/h4-5,8,11,14,17,19,23,28H,2-3,6-7,10,12-13H2,1H3/t17-,19?,23+/m1/s1. The number of amides is 1. The largest absolute Gasteiger partial charge is 0.339 e.